The number of benzene rings is 2. The molecule has 2 aromatic carbocycles. The number of likely N-dealkylation sites (tertiary alicyclic amines) is 1. The van der Waals surface area contributed by atoms with Gasteiger partial charge in [-0.2, -0.15) is 0 Å². The molecule has 0 saturated carbocycles. The van der Waals surface area contributed by atoms with Gasteiger partial charge in [0.1, 0.15) is 5.75 Å². The average molecular weight is 608 g/mol. The Bertz CT molecular complexity index is 1420. The molecule has 1 unspecified atom stereocenters. The van der Waals surface area contributed by atoms with Crippen molar-refractivity contribution < 1.29 is 22.7 Å². The SMILES string of the molecule is CC(C)CC(NC(=O)Cc1ccc(OC(C)(C)C(=O)NS(=O)(=O)c2ccccc2)cc1)C1=CCCC=C1N1CCCCC1. The van der Waals surface area contributed by atoms with Gasteiger partial charge in [0.25, 0.3) is 15.9 Å². The topological polar surface area (TPSA) is 105 Å². The standard InChI is InChI=1S/C34H45N3O5S/c1-25(2)23-30(29-15-9-10-16-31(29)37-21-11-6-12-22-37)35-32(38)24-26-17-19-27(20-18-26)42-34(3,4)33(39)36-43(40,41)28-13-7-5-8-14-28/h5,7-8,13-20,25,30H,6,9-12,21-24H2,1-4H3,(H,35,38)(H,36,39). The molecule has 43 heavy (non-hydrogen) atoms. The van der Waals surface area contributed by atoms with E-state index in [4.69, 9.17) is 4.74 Å². The van der Waals surface area contributed by atoms with E-state index >= 15 is 0 Å². The van der Waals surface area contributed by atoms with Crippen LogP contribution >= 0.6 is 0 Å². The Hall–Kier alpha value is -3.59. The molecule has 1 aliphatic carbocycles. The summed E-state index contributed by atoms with van der Waals surface area (Å²) in [5.41, 5.74) is 1.89. The first kappa shape index (κ1) is 32.3. The van der Waals surface area contributed by atoms with E-state index in [1.807, 2.05) is 0 Å². The van der Waals surface area contributed by atoms with Crippen LogP contribution in [0.4, 0.5) is 0 Å². The van der Waals surface area contributed by atoms with Crippen LogP contribution in [0.3, 0.4) is 0 Å². The van der Waals surface area contributed by atoms with Gasteiger partial charge < -0.3 is 15.0 Å². The van der Waals surface area contributed by atoms with Gasteiger partial charge in [0.15, 0.2) is 5.60 Å². The predicted octanol–water partition coefficient (Wildman–Crippen LogP) is 5.51. The van der Waals surface area contributed by atoms with Crippen LogP contribution in [0.25, 0.3) is 0 Å². The third kappa shape index (κ3) is 8.95. The number of nitrogens with zero attached hydrogens (tertiary/aromatic N) is 1. The molecule has 0 bridgehead atoms. The summed E-state index contributed by atoms with van der Waals surface area (Å²) in [6, 6.07) is 14.6. The summed E-state index contributed by atoms with van der Waals surface area (Å²) in [6.07, 6.45) is 11.5. The summed E-state index contributed by atoms with van der Waals surface area (Å²) < 4.78 is 33.1. The molecule has 2 aromatic rings. The molecule has 1 fully saturated rings. The Morgan fingerprint density at radius 3 is 2.23 bits per heavy atom. The molecular formula is C34H45N3O5S. The normalized spacial score (nSPS) is 16.6. The number of amides is 2. The van der Waals surface area contributed by atoms with Crippen LogP contribution in [0.1, 0.15) is 71.8 Å². The minimum Gasteiger partial charge on any atom is -0.478 e. The molecule has 232 valence electrons. The van der Waals surface area contributed by atoms with Crippen LogP contribution in [0.2, 0.25) is 0 Å². The van der Waals surface area contributed by atoms with Gasteiger partial charge in [-0.05, 0) is 93.7 Å². The summed E-state index contributed by atoms with van der Waals surface area (Å²) >= 11 is 0. The Morgan fingerprint density at radius 1 is 0.930 bits per heavy atom. The van der Waals surface area contributed by atoms with Crippen LogP contribution in [0.5, 0.6) is 5.75 Å². The minimum absolute atomic E-state index is 0.00377. The van der Waals surface area contributed by atoms with E-state index in [0.29, 0.717) is 11.7 Å². The molecule has 1 atom stereocenters. The Morgan fingerprint density at radius 2 is 1.58 bits per heavy atom. The zero-order chi connectivity index (χ0) is 31.0. The molecule has 1 heterocycles. The molecule has 8 nitrogen and oxygen atoms in total. The average Bonchev–Trinajstić information content (AvgIpc) is 2.98. The van der Waals surface area contributed by atoms with Crippen LogP contribution in [0, 0.1) is 5.92 Å². The number of rotatable bonds is 12. The van der Waals surface area contributed by atoms with E-state index in [-0.39, 0.29) is 23.3 Å². The first-order valence-corrected chi connectivity index (χ1v) is 16.8. The molecule has 4 rings (SSSR count). The van der Waals surface area contributed by atoms with Crippen molar-refractivity contribution in [2.75, 3.05) is 13.1 Å². The van der Waals surface area contributed by atoms with Crippen molar-refractivity contribution >= 4 is 21.8 Å². The highest BCUT2D eigenvalue weighted by Gasteiger charge is 2.34. The lowest BCUT2D eigenvalue weighted by Gasteiger charge is -2.37. The van der Waals surface area contributed by atoms with Gasteiger partial charge in [-0.3, -0.25) is 9.59 Å². The zero-order valence-corrected chi connectivity index (χ0v) is 26.6. The van der Waals surface area contributed by atoms with E-state index in [1.165, 1.54) is 56.5 Å². The van der Waals surface area contributed by atoms with Crippen LogP contribution in [-0.4, -0.2) is 49.9 Å². The van der Waals surface area contributed by atoms with Crippen molar-refractivity contribution in [2.24, 2.45) is 5.92 Å². The van der Waals surface area contributed by atoms with E-state index in [2.05, 4.69) is 40.9 Å². The Kier molecular flexibility index (Phi) is 10.7. The lowest BCUT2D eigenvalue weighted by molar-refractivity contribution is -0.132. The van der Waals surface area contributed by atoms with Crippen molar-refractivity contribution in [2.45, 2.75) is 89.2 Å². The van der Waals surface area contributed by atoms with E-state index in [0.717, 1.165) is 37.9 Å². The number of carbonyl (C=O) groups excluding carboxylic acids is 2. The smallest absolute Gasteiger partial charge is 0.277 e. The second-order valence-corrected chi connectivity index (χ2v) is 14.0. The number of hydrogen-bond donors (Lipinski definition) is 2. The highest BCUT2D eigenvalue weighted by atomic mass is 32.2. The molecule has 0 spiro atoms. The number of allylic oxidation sites excluding steroid dienone is 2. The number of hydrogen-bond acceptors (Lipinski definition) is 6. The molecule has 0 radical (unpaired) electrons. The molecule has 0 aromatic heterocycles. The van der Waals surface area contributed by atoms with Gasteiger partial charge in [0, 0.05) is 18.8 Å². The number of ether oxygens (including phenoxy) is 1. The summed E-state index contributed by atoms with van der Waals surface area (Å²) in [7, 11) is -4.03. The largest absolute Gasteiger partial charge is 0.478 e. The van der Waals surface area contributed by atoms with Gasteiger partial charge in [0.05, 0.1) is 17.4 Å². The third-order valence-electron chi connectivity index (χ3n) is 7.77. The van der Waals surface area contributed by atoms with Crippen molar-refractivity contribution in [1.82, 2.24) is 14.9 Å². The van der Waals surface area contributed by atoms with E-state index in [1.54, 1.807) is 42.5 Å². The molecule has 1 aliphatic heterocycles. The fourth-order valence-corrected chi connectivity index (χ4v) is 6.66. The first-order valence-electron chi connectivity index (χ1n) is 15.3. The number of sulfonamides is 1. The first-order chi connectivity index (χ1) is 20.4. The number of carbonyl (C=O) groups is 2. The monoisotopic (exact) mass is 607 g/mol. The maximum absolute atomic E-state index is 13.3. The molecule has 9 heteroatoms. The highest BCUT2D eigenvalue weighted by Crippen LogP contribution is 2.30. The minimum atomic E-state index is -4.03. The predicted molar refractivity (Wildman–Crippen MR) is 169 cm³/mol. The molecule has 1 saturated heterocycles. The Labute approximate surface area is 256 Å². The lowest BCUT2D eigenvalue weighted by Crippen LogP contribution is -2.48. The zero-order valence-electron chi connectivity index (χ0n) is 25.8. The second-order valence-electron chi connectivity index (χ2n) is 12.3. The second kappa shape index (κ2) is 14.3. The van der Waals surface area contributed by atoms with Gasteiger partial charge in [0.2, 0.25) is 5.91 Å². The van der Waals surface area contributed by atoms with Crippen LogP contribution in [-0.2, 0) is 26.0 Å². The summed E-state index contributed by atoms with van der Waals surface area (Å²) in [4.78, 5) is 28.6. The summed E-state index contributed by atoms with van der Waals surface area (Å²) in [5, 5.41) is 3.32. The fourth-order valence-electron chi connectivity index (χ4n) is 5.53. The van der Waals surface area contributed by atoms with Gasteiger partial charge in [-0.25, -0.2) is 13.1 Å². The van der Waals surface area contributed by atoms with Crippen molar-refractivity contribution in [3.8, 4) is 5.75 Å². The molecular weight excluding hydrogens is 562 g/mol. The maximum atomic E-state index is 13.3. The van der Waals surface area contributed by atoms with Crippen LogP contribution in [0.15, 0.2) is 82.9 Å². The van der Waals surface area contributed by atoms with Gasteiger partial charge >= 0.3 is 0 Å². The van der Waals surface area contributed by atoms with Gasteiger partial charge in [-0.15, -0.1) is 0 Å². The maximum Gasteiger partial charge on any atom is 0.277 e. The van der Waals surface area contributed by atoms with E-state index in [9.17, 15) is 18.0 Å². The lowest BCUT2D eigenvalue weighted by atomic mass is 9.89. The van der Waals surface area contributed by atoms with Crippen molar-refractivity contribution in [3.63, 3.8) is 0 Å². The molecule has 2 N–H and O–H groups in total. The van der Waals surface area contributed by atoms with E-state index < -0.39 is 21.5 Å². The quantitative estimate of drug-likeness (QED) is 0.330. The summed E-state index contributed by atoms with van der Waals surface area (Å²) in [5.74, 6) is -0.0150. The fraction of sp³-hybridized carbons (Fsp3) is 0.471. The highest BCUT2D eigenvalue weighted by molar-refractivity contribution is 7.90. The van der Waals surface area contributed by atoms with Crippen LogP contribution < -0.4 is 14.8 Å². The number of piperidine rings is 1. The number of nitrogens with one attached hydrogen (secondary N) is 2. The van der Waals surface area contributed by atoms with Crippen molar-refractivity contribution in [1.29, 1.82) is 0 Å². The summed E-state index contributed by atoms with van der Waals surface area (Å²) in [6.45, 7) is 9.52. The van der Waals surface area contributed by atoms with Crippen molar-refractivity contribution in [3.05, 3.63) is 83.6 Å². The Balaban J connectivity index is 1.37. The molecule has 2 aliphatic rings. The third-order valence-corrected chi connectivity index (χ3v) is 9.11. The van der Waals surface area contributed by atoms with Gasteiger partial charge in [-0.1, -0.05) is 56.3 Å². The molecule has 2 amide bonds.